The van der Waals surface area contributed by atoms with Gasteiger partial charge in [0.15, 0.2) is 11.0 Å². The summed E-state index contributed by atoms with van der Waals surface area (Å²) < 4.78 is 2.20. The minimum atomic E-state index is 0.910. The van der Waals surface area contributed by atoms with Crippen LogP contribution in [0.2, 0.25) is 0 Å². The Morgan fingerprint density at radius 2 is 1.84 bits per heavy atom. The molecular weight excluding hydrogens is 254 g/mol. The van der Waals surface area contributed by atoms with Gasteiger partial charge in [0, 0.05) is 17.9 Å². The summed E-state index contributed by atoms with van der Waals surface area (Å²) in [7, 11) is 0. The van der Waals surface area contributed by atoms with Gasteiger partial charge >= 0.3 is 0 Å². The van der Waals surface area contributed by atoms with Crippen LogP contribution in [0.25, 0.3) is 11.4 Å². The molecule has 3 nitrogen and oxygen atoms in total. The van der Waals surface area contributed by atoms with Crippen molar-refractivity contribution in [2.24, 2.45) is 0 Å². The molecule has 0 aliphatic heterocycles. The molecular formula is C15H21N3S. The van der Waals surface area contributed by atoms with E-state index in [1.54, 1.807) is 0 Å². The van der Waals surface area contributed by atoms with Gasteiger partial charge in [-0.3, -0.25) is 0 Å². The fourth-order valence-corrected chi connectivity index (χ4v) is 3.00. The molecule has 0 spiro atoms. The fraction of sp³-hybridized carbons (Fsp3) is 0.467. The molecule has 0 radical (unpaired) electrons. The Balaban J connectivity index is 2.12. The van der Waals surface area contributed by atoms with Crippen LogP contribution in [0.5, 0.6) is 0 Å². The molecule has 1 aromatic heterocycles. The average molecular weight is 275 g/mol. The summed E-state index contributed by atoms with van der Waals surface area (Å²) >= 11 is 1.82. The molecule has 1 heterocycles. The Morgan fingerprint density at radius 1 is 1.05 bits per heavy atom. The Kier molecular flexibility index (Phi) is 5.45. The van der Waals surface area contributed by atoms with Crippen molar-refractivity contribution >= 4 is 11.8 Å². The molecule has 0 N–H and O–H groups in total. The van der Waals surface area contributed by atoms with Gasteiger partial charge < -0.3 is 4.57 Å². The van der Waals surface area contributed by atoms with Gasteiger partial charge in [0.25, 0.3) is 0 Å². The van der Waals surface area contributed by atoms with Crippen LogP contribution in [0.4, 0.5) is 0 Å². The summed E-state index contributed by atoms with van der Waals surface area (Å²) in [4.78, 5) is 0. The van der Waals surface area contributed by atoms with E-state index in [4.69, 9.17) is 0 Å². The molecule has 0 fully saturated rings. The van der Waals surface area contributed by atoms with Gasteiger partial charge in [-0.05, 0) is 13.3 Å². The van der Waals surface area contributed by atoms with Crippen LogP contribution < -0.4 is 0 Å². The van der Waals surface area contributed by atoms with Crippen molar-refractivity contribution in [2.75, 3.05) is 5.75 Å². The first-order valence-electron chi connectivity index (χ1n) is 6.98. The predicted octanol–water partition coefficient (Wildman–Crippen LogP) is 4.25. The molecule has 2 aromatic rings. The first kappa shape index (κ1) is 14.1. The average Bonchev–Trinajstić information content (AvgIpc) is 2.87. The van der Waals surface area contributed by atoms with E-state index in [2.05, 4.69) is 40.7 Å². The standard InChI is InChI=1S/C15H21N3S/c1-3-5-9-12-19-15-17-16-14(18(15)4-2)13-10-7-6-8-11-13/h6-8,10-11H,3-5,9,12H2,1-2H3. The lowest BCUT2D eigenvalue weighted by atomic mass is 10.2. The van der Waals surface area contributed by atoms with E-state index >= 15 is 0 Å². The van der Waals surface area contributed by atoms with Crippen LogP contribution >= 0.6 is 11.8 Å². The SMILES string of the molecule is CCCCCSc1nnc(-c2ccccc2)n1CC. The van der Waals surface area contributed by atoms with Gasteiger partial charge in [0.05, 0.1) is 0 Å². The zero-order chi connectivity index (χ0) is 13.5. The summed E-state index contributed by atoms with van der Waals surface area (Å²) in [6.45, 7) is 5.28. The van der Waals surface area contributed by atoms with Gasteiger partial charge in [-0.1, -0.05) is 61.9 Å². The molecule has 0 bridgehead atoms. The van der Waals surface area contributed by atoms with Crippen molar-refractivity contribution in [1.82, 2.24) is 14.8 Å². The van der Waals surface area contributed by atoms with Crippen LogP contribution in [0.1, 0.15) is 33.1 Å². The van der Waals surface area contributed by atoms with Crippen LogP contribution in [0.15, 0.2) is 35.5 Å². The molecule has 0 unspecified atom stereocenters. The van der Waals surface area contributed by atoms with E-state index < -0.39 is 0 Å². The maximum absolute atomic E-state index is 4.35. The van der Waals surface area contributed by atoms with Crippen LogP contribution in [-0.2, 0) is 6.54 Å². The lowest BCUT2D eigenvalue weighted by molar-refractivity contribution is 0.685. The smallest absolute Gasteiger partial charge is 0.191 e. The van der Waals surface area contributed by atoms with Crippen LogP contribution in [-0.4, -0.2) is 20.5 Å². The molecule has 4 heteroatoms. The number of aromatic nitrogens is 3. The monoisotopic (exact) mass is 275 g/mol. The van der Waals surface area contributed by atoms with E-state index in [1.807, 2.05) is 30.0 Å². The van der Waals surface area contributed by atoms with E-state index in [1.165, 1.54) is 19.3 Å². The zero-order valence-electron chi connectivity index (χ0n) is 11.7. The summed E-state index contributed by atoms with van der Waals surface area (Å²) in [5.74, 6) is 2.10. The molecule has 0 atom stereocenters. The zero-order valence-corrected chi connectivity index (χ0v) is 12.5. The van der Waals surface area contributed by atoms with Crippen molar-refractivity contribution in [2.45, 2.75) is 44.8 Å². The first-order chi connectivity index (χ1) is 9.36. The minimum Gasteiger partial charge on any atom is -0.302 e. The molecule has 0 saturated carbocycles. The maximum Gasteiger partial charge on any atom is 0.191 e. The van der Waals surface area contributed by atoms with E-state index in [9.17, 15) is 0 Å². The fourth-order valence-electron chi connectivity index (χ4n) is 2.00. The highest BCUT2D eigenvalue weighted by Gasteiger charge is 2.12. The van der Waals surface area contributed by atoms with Crippen molar-refractivity contribution in [3.63, 3.8) is 0 Å². The summed E-state index contributed by atoms with van der Waals surface area (Å²) in [6.07, 6.45) is 3.80. The molecule has 2 rings (SSSR count). The molecule has 1 aromatic carbocycles. The normalized spacial score (nSPS) is 10.8. The highest BCUT2D eigenvalue weighted by atomic mass is 32.2. The number of thioether (sulfide) groups is 1. The Hall–Kier alpha value is -1.29. The number of rotatable bonds is 7. The Bertz CT molecular complexity index is 493. The summed E-state index contributed by atoms with van der Waals surface area (Å²) in [5, 5.41) is 9.72. The largest absolute Gasteiger partial charge is 0.302 e. The highest BCUT2D eigenvalue weighted by Crippen LogP contribution is 2.24. The quantitative estimate of drug-likeness (QED) is 0.559. The second kappa shape index (κ2) is 7.34. The van der Waals surface area contributed by atoms with Gasteiger partial charge in [-0.2, -0.15) is 0 Å². The van der Waals surface area contributed by atoms with Gasteiger partial charge in [-0.15, -0.1) is 10.2 Å². The molecule has 19 heavy (non-hydrogen) atoms. The third-order valence-corrected chi connectivity index (χ3v) is 4.10. The Morgan fingerprint density at radius 3 is 2.53 bits per heavy atom. The van der Waals surface area contributed by atoms with Crippen LogP contribution in [0.3, 0.4) is 0 Å². The highest BCUT2D eigenvalue weighted by molar-refractivity contribution is 7.99. The number of hydrogen-bond acceptors (Lipinski definition) is 3. The topological polar surface area (TPSA) is 30.7 Å². The van der Waals surface area contributed by atoms with Crippen molar-refractivity contribution < 1.29 is 0 Å². The van der Waals surface area contributed by atoms with E-state index in [0.29, 0.717) is 0 Å². The first-order valence-corrected chi connectivity index (χ1v) is 7.96. The van der Waals surface area contributed by atoms with Crippen molar-refractivity contribution in [3.8, 4) is 11.4 Å². The van der Waals surface area contributed by atoms with Gasteiger partial charge in [0.1, 0.15) is 0 Å². The maximum atomic E-state index is 4.35. The molecule has 102 valence electrons. The molecule has 0 aliphatic carbocycles. The number of nitrogens with zero attached hydrogens (tertiary/aromatic N) is 3. The van der Waals surface area contributed by atoms with Crippen molar-refractivity contribution in [3.05, 3.63) is 30.3 Å². The molecule has 0 aliphatic rings. The summed E-state index contributed by atoms with van der Waals surface area (Å²) in [6, 6.07) is 10.3. The lowest BCUT2D eigenvalue weighted by Crippen LogP contribution is -2.00. The minimum absolute atomic E-state index is 0.910. The second-order valence-corrected chi connectivity index (χ2v) is 5.53. The Labute approximate surface area is 119 Å². The second-order valence-electron chi connectivity index (χ2n) is 4.47. The predicted molar refractivity (Wildman–Crippen MR) is 81.4 cm³/mol. The van der Waals surface area contributed by atoms with E-state index in [0.717, 1.165) is 28.8 Å². The summed E-state index contributed by atoms with van der Waals surface area (Å²) in [5.41, 5.74) is 1.14. The molecule has 0 amide bonds. The third kappa shape index (κ3) is 3.60. The lowest BCUT2D eigenvalue weighted by Gasteiger charge is -2.07. The van der Waals surface area contributed by atoms with Gasteiger partial charge in [0.2, 0.25) is 0 Å². The van der Waals surface area contributed by atoms with Crippen molar-refractivity contribution in [1.29, 1.82) is 0 Å². The van der Waals surface area contributed by atoms with E-state index in [-0.39, 0.29) is 0 Å². The van der Waals surface area contributed by atoms with Gasteiger partial charge in [-0.25, -0.2) is 0 Å². The van der Waals surface area contributed by atoms with Crippen LogP contribution in [0, 0.1) is 0 Å². The number of unbranched alkanes of at least 4 members (excludes halogenated alkanes) is 2. The molecule has 0 saturated heterocycles. The third-order valence-electron chi connectivity index (χ3n) is 3.04. The number of hydrogen-bond donors (Lipinski definition) is 0. The number of benzene rings is 1.